The number of nitrogens with zero attached hydrogens (tertiary/aromatic N) is 2. The standard InChI is InChI=1S/C47H93N3O2/c1-4-7-10-13-16-19-20-21-22-23-24-27-32-38-46(51)48-40-33-28-31-36-44-50(45-49-41-37-39-47(49)52,42-34-29-25-17-14-11-8-5-2)43-35-30-26-18-15-12-9-6-3/h4-45H2,1-3H3/p+1. The van der Waals surface area contributed by atoms with Crippen molar-refractivity contribution in [1.29, 1.82) is 0 Å². The van der Waals surface area contributed by atoms with Gasteiger partial charge in [0.1, 0.15) is 0 Å². The fourth-order valence-electron chi connectivity index (χ4n) is 8.47. The number of rotatable bonds is 41. The SMILES string of the molecule is CCCCCCCCCCCCCCCC(=O)NCCCCCC[N+](CCCCCCCCCC)(CCCCCCCCCC)CN1CCCC1=O. The molecular formula is C47H94N3O2+. The van der Waals surface area contributed by atoms with E-state index in [1.807, 2.05) is 0 Å². The van der Waals surface area contributed by atoms with Gasteiger partial charge in [0, 0.05) is 25.9 Å². The largest absolute Gasteiger partial charge is 0.356 e. The predicted octanol–water partition coefficient (Wildman–Crippen LogP) is 13.8. The first-order valence-electron chi connectivity index (χ1n) is 24.0. The minimum Gasteiger partial charge on any atom is -0.356 e. The number of carbonyl (C=O) groups excluding carboxylic acids is 2. The van der Waals surface area contributed by atoms with E-state index in [4.69, 9.17) is 0 Å². The van der Waals surface area contributed by atoms with Gasteiger partial charge in [0.25, 0.3) is 0 Å². The maximum Gasteiger partial charge on any atom is 0.226 e. The van der Waals surface area contributed by atoms with Crippen molar-refractivity contribution < 1.29 is 14.1 Å². The summed E-state index contributed by atoms with van der Waals surface area (Å²) in [4.78, 5) is 27.5. The maximum absolute atomic E-state index is 12.8. The lowest BCUT2D eigenvalue weighted by Gasteiger charge is -2.41. The molecule has 0 aromatic carbocycles. The van der Waals surface area contributed by atoms with E-state index in [1.165, 1.54) is 219 Å². The summed E-state index contributed by atoms with van der Waals surface area (Å²) < 4.78 is 1.13. The van der Waals surface area contributed by atoms with Gasteiger partial charge in [0.15, 0.2) is 6.67 Å². The van der Waals surface area contributed by atoms with Crippen molar-refractivity contribution in [3.63, 3.8) is 0 Å². The number of unbranched alkanes of at least 4 members (excludes halogenated alkanes) is 29. The van der Waals surface area contributed by atoms with Gasteiger partial charge in [-0.2, -0.15) is 0 Å². The van der Waals surface area contributed by atoms with E-state index in [0.29, 0.717) is 12.3 Å². The molecule has 0 bridgehead atoms. The molecule has 1 saturated heterocycles. The van der Waals surface area contributed by atoms with Crippen molar-refractivity contribution in [2.24, 2.45) is 0 Å². The molecule has 0 atom stereocenters. The molecule has 0 unspecified atom stereocenters. The summed E-state index contributed by atoms with van der Waals surface area (Å²) in [6, 6.07) is 0. The molecular weight excluding hydrogens is 639 g/mol. The molecule has 0 saturated carbocycles. The number of quaternary nitrogens is 1. The molecule has 5 nitrogen and oxygen atoms in total. The van der Waals surface area contributed by atoms with Crippen LogP contribution in [0.4, 0.5) is 0 Å². The highest BCUT2D eigenvalue weighted by Gasteiger charge is 2.33. The first kappa shape index (κ1) is 48.9. The molecule has 5 heteroatoms. The van der Waals surface area contributed by atoms with Crippen LogP contribution in [0.3, 0.4) is 0 Å². The number of hydrogen-bond acceptors (Lipinski definition) is 2. The summed E-state index contributed by atoms with van der Waals surface area (Å²) in [5, 5.41) is 3.21. The molecule has 52 heavy (non-hydrogen) atoms. The van der Waals surface area contributed by atoms with Crippen LogP contribution in [0.5, 0.6) is 0 Å². The number of nitrogens with one attached hydrogen (secondary N) is 1. The van der Waals surface area contributed by atoms with E-state index in [1.54, 1.807) is 0 Å². The maximum atomic E-state index is 12.8. The Hall–Kier alpha value is -1.10. The molecule has 1 fully saturated rings. The quantitative estimate of drug-likeness (QED) is 0.0502. The Morgan fingerprint density at radius 3 is 1.21 bits per heavy atom. The number of carbonyl (C=O) groups is 2. The lowest BCUT2D eigenvalue weighted by atomic mass is 10.0. The molecule has 1 aliphatic rings. The van der Waals surface area contributed by atoms with Crippen molar-refractivity contribution in [3.05, 3.63) is 0 Å². The second kappa shape index (κ2) is 36.9. The van der Waals surface area contributed by atoms with Crippen LogP contribution in [-0.4, -0.2) is 60.6 Å². The molecule has 308 valence electrons. The second-order valence-electron chi connectivity index (χ2n) is 17.1. The first-order valence-corrected chi connectivity index (χ1v) is 24.0. The van der Waals surface area contributed by atoms with Crippen LogP contribution >= 0.6 is 0 Å². The van der Waals surface area contributed by atoms with Crippen molar-refractivity contribution in [3.8, 4) is 0 Å². The molecule has 0 radical (unpaired) electrons. The summed E-state index contributed by atoms with van der Waals surface area (Å²) in [6.45, 7) is 13.3. The van der Waals surface area contributed by atoms with Gasteiger partial charge in [-0.15, -0.1) is 0 Å². The number of amides is 2. The zero-order chi connectivity index (χ0) is 37.6. The Balaban J connectivity index is 2.37. The highest BCUT2D eigenvalue weighted by molar-refractivity contribution is 5.77. The average molecular weight is 733 g/mol. The molecule has 2 amide bonds. The predicted molar refractivity (Wildman–Crippen MR) is 228 cm³/mol. The van der Waals surface area contributed by atoms with Crippen molar-refractivity contribution in [2.45, 2.75) is 252 Å². The lowest BCUT2D eigenvalue weighted by Crippen LogP contribution is -2.56. The molecule has 1 N–H and O–H groups in total. The van der Waals surface area contributed by atoms with Gasteiger partial charge in [-0.05, 0) is 57.8 Å². The lowest BCUT2D eigenvalue weighted by molar-refractivity contribution is -0.936. The van der Waals surface area contributed by atoms with Gasteiger partial charge >= 0.3 is 0 Å². The van der Waals surface area contributed by atoms with E-state index in [0.717, 1.165) is 49.9 Å². The van der Waals surface area contributed by atoms with Gasteiger partial charge in [-0.25, -0.2) is 0 Å². The molecule has 0 aliphatic carbocycles. The summed E-state index contributed by atoms with van der Waals surface area (Å²) in [6.07, 6.45) is 46.5. The molecule has 1 rings (SSSR count). The number of likely N-dealkylation sites (tertiary alicyclic amines) is 1. The summed E-state index contributed by atoms with van der Waals surface area (Å²) >= 11 is 0. The zero-order valence-electron chi connectivity index (χ0n) is 35.9. The van der Waals surface area contributed by atoms with Crippen molar-refractivity contribution in [2.75, 3.05) is 39.4 Å². The van der Waals surface area contributed by atoms with Gasteiger partial charge in [-0.1, -0.05) is 181 Å². The summed E-state index contributed by atoms with van der Waals surface area (Å²) in [5.41, 5.74) is 0. The Kier molecular flexibility index (Phi) is 34.7. The highest BCUT2D eigenvalue weighted by atomic mass is 16.2. The number of hydrogen-bond donors (Lipinski definition) is 1. The Bertz CT molecular complexity index is 767. The Morgan fingerprint density at radius 2 is 0.846 bits per heavy atom. The summed E-state index contributed by atoms with van der Waals surface area (Å²) in [7, 11) is 0. The third-order valence-corrected chi connectivity index (χ3v) is 12.0. The van der Waals surface area contributed by atoms with Crippen LogP contribution in [0, 0.1) is 0 Å². The van der Waals surface area contributed by atoms with Crippen molar-refractivity contribution in [1.82, 2.24) is 10.2 Å². The normalized spacial score (nSPS) is 13.4. The van der Waals surface area contributed by atoms with Gasteiger partial charge in [0.05, 0.1) is 19.6 Å². The van der Waals surface area contributed by atoms with E-state index in [2.05, 4.69) is 31.0 Å². The van der Waals surface area contributed by atoms with E-state index in [9.17, 15) is 9.59 Å². The average Bonchev–Trinajstić information content (AvgIpc) is 3.55. The third kappa shape index (κ3) is 29.3. The van der Waals surface area contributed by atoms with Gasteiger partial charge in [-0.3, -0.25) is 14.5 Å². The molecule has 0 aromatic rings. The van der Waals surface area contributed by atoms with Crippen LogP contribution in [0.15, 0.2) is 0 Å². The fourth-order valence-corrected chi connectivity index (χ4v) is 8.47. The molecule has 0 spiro atoms. The van der Waals surface area contributed by atoms with E-state index in [-0.39, 0.29) is 5.91 Å². The minimum absolute atomic E-state index is 0.254. The molecule has 0 aromatic heterocycles. The third-order valence-electron chi connectivity index (χ3n) is 12.0. The topological polar surface area (TPSA) is 49.4 Å². The Morgan fingerprint density at radius 1 is 0.500 bits per heavy atom. The van der Waals surface area contributed by atoms with Crippen LogP contribution in [0.25, 0.3) is 0 Å². The molecule has 1 aliphatic heterocycles. The monoisotopic (exact) mass is 733 g/mol. The Labute approximate surface area is 326 Å². The molecule has 1 heterocycles. The van der Waals surface area contributed by atoms with Crippen LogP contribution in [-0.2, 0) is 9.59 Å². The van der Waals surface area contributed by atoms with Crippen LogP contribution < -0.4 is 5.32 Å². The van der Waals surface area contributed by atoms with E-state index < -0.39 is 0 Å². The van der Waals surface area contributed by atoms with Crippen LogP contribution in [0.2, 0.25) is 0 Å². The van der Waals surface area contributed by atoms with Gasteiger partial charge < -0.3 is 9.80 Å². The highest BCUT2D eigenvalue weighted by Crippen LogP contribution is 2.22. The van der Waals surface area contributed by atoms with Crippen molar-refractivity contribution >= 4 is 11.8 Å². The van der Waals surface area contributed by atoms with E-state index >= 15 is 0 Å². The summed E-state index contributed by atoms with van der Waals surface area (Å²) in [5.74, 6) is 0.647. The first-order chi connectivity index (χ1) is 25.6. The second-order valence-corrected chi connectivity index (χ2v) is 17.1. The smallest absolute Gasteiger partial charge is 0.226 e. The zero-order valence-corrected chi connectivity index (χ0v) is 35.9. The minimum atomic E-state index is 0.254. The van der Waals surface area contributed by atoms with Gasteiger partial charge in [0.2, 0.25) is 11.8 Å². The van der Waals surface area contributed by atoms with Crippen LogP contribution in [0.1, 0.15) is 252 Å². The fraction of sp³-hybridized carbons (Fsp3) is 0.957.